The number of carbonyl (C=O) groups is 2. The molecule has 3 nitrogen and oxygen atoms in total. The number of hydrogen-bond donors (Lipinski definition) is 0. The van der Waals surface area contributed by atoms with Crippen LogP contribution in [0.25, 0.3) is 0 Å². The Morgan fingerprint density at radius 3 is 2.73 bits per heavy atom. The molecule has 114 valence electrons. The molecule has 1 aromatic carbocycles. The molecule has 0 radical (unpaired) electrons. The van der Waals surface area contributed by atoms with Crippen LogP contribution in [0.4, 0.5) is 0 Å². The lowest BCUT2D eigenvalue weighted by molar-refractivity contribution is 0.0911. The number of ketones is 2. The van der Waals surface area contributed by atoms with Crippen LogP contribution in [0.1, 0.15) is 65.5 Å². The molecule has 0 amide bonds. The van der Waals surface area contributed by atoms with Crippen LogP contribution in [0, 0.1) is 5.92 Å². The van der Waals surface area contributed by atoms with Crippen molar-refractivity contribution in [3.63, 3.8) is 0 Å². The molecule has 0 aromatic heterocycles. The first kappa shape index (κ1) is 13.7. The first-order chi connectivity index (χ1) is 10.4. The molecule has 0 N–H and O–H groups in total. The van der Waals surface area contributed by atoms with E-state index in [0.29, 0.717) is 29.1 Å². The number of ether oxygens (including phenoxy) is 1. The smallest absolute Gasteiger partial charge is 0.229 e. The minimum atomic E-state index is -0.0801. The molecular formula is C19H20O3. The van der Waals surface area contributed by atoms with Crippen molar-refractivity contribution < 1.29 is 14.3 Å². The number of allylic oxidation sites excluding steroid dienone is 1. The van der Waals surface area contributed by atoms with E-state index in [1.165, 1.54) is 5.56 Å². The Balaban J connectivity index is 1.97. The quantitative estimate of drug-likeness (QED) is 0.734. The highest BCUT2D eigenvalue weighted by atomic mass is 16.5. The summed E-state index contributed by atoms with van der Waals surface area (Å²) in [7, 11) is 0. The lowest BCUT2D eigenvalue weighted by atomic mass is 9.69. The molecule has 0 unspecified atom stereocenters. The average molecular weight is 296 g/mol. The van der Waals surface area contributed by atoms with Gasteiger partial charge in [0.15, 0.2) is 11.5 Å². The molecule has 0 bridgehead atoms. The van der Waals surface area contributed by atoms with Gasteiger partial charge in [-0.1, -0.05) is 26.8 Å². The number of benzene rings is 1. The van der Waals surface area contributed by atoms with Crippen LogP contribution in [0.15, 0.2) is 23.5 Å². The van der Waals surface area contributed by atoms with E-state index < -0.39 is 0 Å². The Labute approximate surface area is 130 Å². The summed E-state index contributed by atoms with van der Waals surface area (Å²) in [6.45, 7) is 6.81. The highest BCUT2D eigenvalue weighted by molar-refractivity contribution is 6.27. The fourth-order valence-electron chi connectivity index (χ4n) is 4.20. The predicted molar refractivity (Wildman–Crippen MR) is 83.2 cm³/mol. The van der Waals surface area contributed by atoms with Crippen molar-refractivity contribution in [2.24, 2.45) is 5.92 Å². The fourth-order valence-corrected chi connectivity index (χ4v) is 4.20. The first-order valence-electron chi connectivity index (χ1n) is 8.04. The van der Waals surface area contributed by atoms with E-state index in [1.807, 2.05) is 13.0 Å². The molecule has 22 heavy (non-hydrogen) atoms. The van der Waals surface area contributed by atoms with Crippen LogP contribution in [0.2, 0.25) is 0 Å². The summed E-state index contributed by atoms with van der Waals surface area (Å²) in [5, 5.41) is 0. The number of carbonyl (C=O) groups excluding carboxylic acids is 2. The van der Waals surface area contributed by atoms with E-state index >= 15 is 0 Å². The van der Waals surface area contributed by atoms with Crippen LogP contribution >= 0.6 is 0 Å². The van der Waals surface area contributed by atoms with Gasteiger partial charge in [0.2, 0.25) is 5.78 Å². The van der Waals surface area contributed by atoms with E-state index in [1.54, 1.807) is 0 Å². The minimum Gasteiger partial charge on any atom is -0.488 e. The van der Waals surface area contributed by atoms with Gasteiger partial charge in [-0.15, -0.1) is 0 Å². The second-order valence-electron chi connectivity index (χ2n) is 7.36. The van der Waals surface area contributed by atoms with Gasteiger partial charge in [-0.2, -0.15) is 0 Å². The second-order valence-corrected chi connectivity index (χ2v) is 7.36. The Hall–Kier alpha value is -1.90. The summed E-state index contributed by atoms with van der Waals surface area (Å²) >= 11 is 0. The highest BCUT2D eigenvalue weighted by Gasteiger charge is 2.43. The zero-order valence-electron chi connectivity index (χ0n) is 13.3. The number of rotatable bonds is 0. The maximum absolute atomic E-state index is 12.9. The second kappa shape index (κ2) is 4.31. The molecule has 1 aromatic rings. The molecular weight excluding hydrogens is 276 g/mol. The Kier molecular flexibility index (Phi) is 2.69. The van der Waals surface area contributed by atoms with Gasteiger partial charge in [-0.3, -0.25) is 9.59 Å². The molecule has 2 aliphatic carbocycles. The summed E-state index contributed by atoms with van der Waals surface area (Å²) in [4.78, 5) is 25.7. The zero-order valence-corrected chi connectivity index (χ0v) is 13.3. The lowest BCUT2D eigenvalue weighted by Crippen LogP contribution is -2.30. The van der Waals surface area contributed by atoms with E-state index in [9.17, 15) is 9.59 Å². The van der Waals surface area contributed by atoms with Crippen LogP contribution < -0.4 is 0 Å². The van der Waals surface area contributed by atoms with E-state index in [2.05, 4.69) is 19.9 Å². The van der Waals surface area contributed by atoms with Gasteiger partial charge >= 0.3 is 0 Å². The molecule has 1 heterocycles. The van der Waals surface area contributed by atoms with Crippen LogP contribution in [0.3, 0.4) is 0 Å². The van der Waals surface area contributed by atoms with Gasteiger partial charge < -0.3 is 4.74 Å². The van der Waals surface area contributed by atoms with Gasteiger partial charge in [-0.25, -0.2) is 0 Å². The van der Waals surface area contributed by atoms with Gasteiger partial charge in [0.25, 0.3) is 0 Å². The lowest BCUT2D eigenvalue weighted by Gasteiger charge is -2.35. The molecule has 3 aliphatic rings. The number of Topliss-reactive ketones (excluding diaryl/α,β-unsaturated/α-hetero) is 2. The van der Waals surface area contributed by atoms with E-state index in [0.717, 1.165) is 24.8 Å². The molecule has 0 saturated heterocycles. The Morgan fingerprint density at radius 2 is 1.95 bits per heavy atom. The third-order valence-corrected chi connectivity index (χ3v) is 5.41. The van der Waals surface area contributed by atoms with Gasteiger partial charge in [0, 0.05) is 17.0 Å². The standard InChI is InChI=1S/C19H20O3/c1-10-9-22-18-14(10)16(20)12-6-7-13-11(15(12)17(18)21)5-4-8-19(13,2)3/h6-7,10H,4-5,8-9H2,1-3H3/t10-/m0/s1. The van der Waals surface area contributed by atoms with Crippen molar-refractivity contribution in [2.45, 2.75) is 45.4 Å². The third kappa shape index (κ3) is 1.62. The molecule has 0 saturated carbocycles. The molecule has 4 rings (SSSR count). The summed E-state index contributed by atoms with van der Waals surface area (Å²) in [6, 6.07) is 3.92. The Bertz CT molecular complexity index is 752. The SMILES string of the molecule is C[C@H]1COC2=C1C(=O)c1ccc3c(c1C2=O)CCCC3(C)C. The van der Waals surface area contributed by atoms with Crippen LogP contribution in [0.5, 0.6) is 0 Å². The van der Waals surface area contributed by atoms with Gasteiger partial charge in [-0.05, 0) is 41.9 Å². The zero-order chi connectivity index (χ0) is 15.6. The predicted octanol–water partition coefficient (Wildman–Crippen LogP) is 3.60. The summed E-state index contributed by atoms with van der Waals surface area (Å²) in [5.74, 6) is 0.220. The van der Waals surface area contributed by atoms with Gasteiger partial charge in [0.1, 0.15) is 0 Å². The van der Waals surface area contributed by atoms with Crippen molar-refractivity contribution in [1.29, 1.82) is 0 Å². The maximum Gasteiger partial charge on any atom is 0.229 e. The summed E-state index contributed by atoms with van der Waals surface area (Å²) < 4.78 is 5.56. The average Bonchev–Trinajstić information content (AvgIpc) is 2.86. The van der Waals surface area contributed by atoms with Crippen LogP contribution in [-0.4, -0.2) is 18.2 Å². The minimum absolute atomic E-state index is 0.00655. The molecule has 0 fully saturated rings. The molecule has 1 aliphatic heterocycles. The van der Waals surface area contributed by atoms with Crippen molar-refractivity contribution in [1.82, 2.24) is 0 Å². The Morgan fingerprint density at radius 1 is 1.18 bits per heavy atom. The monoisotopic (exact) mass is 296 g/mol. The summed E-state index contributed by atoms with van der Waals surface area (Å²) in [5.41, 5.74) is 4.12. The maximum atomic E-state index is 12.9. The fraction of sp³-hybridized carbons (Fsp3) is 0.474. The largest absolute Gasteiger partial charge is 0.488 e. The molecule has 1 atom stereocenters. The van der Waals surface area contributed by atoms with Gasteiger partial charge in [0.05, 0.1) is 12.2 Å². The van der Waals surface area contributed by atoms with Crippen molar-refractivity contribution >= 4 is 11.6 Å². The normalized spacial score (nSPS) is 25.5. The number of hydrogen-bond acceptors (Lipinski definition) is 3. The summed E-state index contributed by atoms with van der Waals surface area (Å²) in [6.07, 6.45) is 3.04. The number of fused-ring (bicyclic) bond motifs is 3. The van der Waals surface area contributed by atoms with E-state index in [-0.39, 0.29) is 22.9 Å². The van der Waals surface area contributed by atoms with E-state index in [4.69, 9.17) is 4.74 Å². The third-order valence-electron chi connectivity index (χ3n) is 5.41. The molecule has 0 spiro atoms. The first-order valence-corrected chi connectivity index (χ1v) is 8.04. The van der Waals surface area contributed by atoms with Crippen LogP contribution in [-0.2, 0) is 16.6 Å². The highest BCUT2D eigenvalue weighted by Crippen LogP contribution is 2.43. The van der Waals surface area contributed by atoms with Crippen molar-refractivity contribution in [2.75, 3.05) is 6.61 Å². The molecule has 3 heteroatoms. The topological polar surface area (TPSA) is 43.4 Å². The van der Waals surface area contributed by atoms with Crippen molar-refractivity contribution in [3.05, 3.63) is 45.7 Å². The van der Waals surface area contributed by atoms with Crippen molar-refractivity contribution in [3.8, 4) is 0 Å².